The Morgan fingerprint density at radius 3 is 2.50 bits per heavy atom. The second-order valence-electron chi connectivity index (χ2n) is 7.70. The predicted molar refractivity (Wildman–Crippen MR) is 70.1 cm³/mol. The fraction of sp³-hybridized carbons (Fsp3) is 1.00. The molecule has 2 heterocycles. The van der Waals surface area contributed by atoms with Crippen molar-refractivity contribution in [1.82, 2.24) is 0 Å². The van der Waals surface area contributed by atoms with Crippen molar-refractivity contribution in [3.8, 4) is 0 Å². The van der Waals surface area contributed by atoms with Crippen molar-refractivity contribution in [3.05, 3.63) is 0 Å². The van der Waals surface area contributed by atoms with E-state index in [0.717, 1.165) is 25.9 Å². The first-order valence-electron chi connectivity index (χ1n) is 7.65. The molecule has 2 saturated carbocycles. The van der Waals surface area contributed by atoms with Crippen molar-refractivity contribution in [2.75, 3.05) is 13.2 Å². The highest BCUT2D eigenvalue weighted by atomic mass is 16.7. The highest BCUT2D eigenvalue weighted by Crippen LogP contribution is 2.72. The van der Waals surface area contributed by atoms with E-state index < -0.39 is 23.4 Å². The summed E-state index contributed by atoms with van der Waals surface area (Å²) >= 11 is 0. The Morgan fingerprint density at radius 2 is 1.90 bits per heavy atom. The molecule has 114 valence electrons. The number of epoxide rings is 2. The number of ether oxygens (including phenoxy) is 2. The van der Waals surface area contributed by atoms with Gasteiger partial charge >= 0.3 is 0 Å². The molecule has 7 atom stereocenters. The smallest absolute Gasteiger partial charge is 0.147 e. The van der Waals surface area contributed by atoms with Crippen LogP contribution in [-0.4, -0.2) is 57.5 Å². The van der Waals surface area contributed by atoms with Gasteiger partial charge in [-0.05, 0) is 38.5 Å². The first-order chi connectivity index (χ1) is 9.34. The number of aliphatic hydroxyl groups excluding tert-OH is 3. The van der Waals surface area contributed by atoms with Crippen molar-refractivity contribution in [1.29, 1.82) is 0 Å². The zero-order chi connectivity index (χ0) is 14.4. The van der Waals surface area contributed by atoms with Crippen LogP contribution in [0.15, 0.2) is 0 Å². The molecule has 0 amide bonds. The molecule has 3 N–H and O–H groups in total. The van der Waals surface area contributed by atoms with Gasteiger partial charge in [0, 0.05) is 5.41 Å². The van der Waals surface area contributed by atoms with Crippen LogP contribution in [-0.2, 0) is 9.47 Å². The van der Waals surface area contributed by atoms with Gasteiger partial charge in [-0.25, -0.2) is 0 Å². The van der Waals surface area contributed by atoms with E-state index in [0.29, 0.717) is 6.42 Å². The minimum absolute atomic E-state index is 0.160. The first-order valence-corrected chi connectivity index (χ1v) is 7.65. The molecule has 0 unspecified atom stereocenters. The van der Waals surface area contributed by atoms with Gasteiger partial charge in [0.05, 0.1) is 31.0 Å². The Labute approximate surface area is 118 Å². The maximum absolute atomic E-state index is 10.7. The zero-order valence-corrected chi connectivity index (χ0v) is 12.1. The van der Waals surface area contributed by atoms with Crippen LogP contribution in [0.2, 0.25) is 0 Å². The number of aliphatic hydroxyl groups is 3. The number of hydrogen-bond donors (Lipinski definition) is 3. The first kappa shape index (κ1) is 13.5. The van der Waals surface area contributed by atoms with Gasteiger partial charge in [-0.2, -0.15) is 0 Å². The van der Waals surface area contributed by atoms with Crippen LogP contribution in [0.1, 0.15) is 39.5 Å². The second-order valence-corrected chi connectivity index (χ2v) is 7.70. The van der Waals surface area contributed by atoms with Crippen LogP contribution in [0.5, 0.6) is 0 Å². The Hall–Kier alpha value is -0.200. The minimum atomic E-state index is -0.870. The Kier molecular flexibility index (Phi) is 2.41. The van der Waals surface area contributed by atoms with Gasteiger partial charge in [0.1, 0.15) is 11.2 Å². The lowest BCUT2D eigenvalue weighted by Crippen LogP contribution is -2.62. The Bertz CT molecular complexity index is 450. The molecule has 5 heteroatoms. The summed E-state index contributed by atoms with van der Waals surface area (Å²) in [6, 6.07) is 0. The van der Waals surface area contributed by atoms with Gasteiger partial charge in [0.15, 0.2) is 0 Å². The molecule has 20 heavy (non-hydrogen) atoms. The molecule has 2 aliphatic carbocycles. The summed E-state index contributed by atoms with van der Waals surface area (Å²) in [4.78, 5) is 0. The normalized spacial score (nSPS) is 64.3. The van der Waals surface area contributed by atoms with Crippen molar-refractivity contribution in [2.24, 2.45) is 11.3 Å². The van der Waals surface area contributed by atoms with E-state index in [1.807, 2.05) is 6.92 Å². The molecular weight excluding hydrogens is 260 g/mol. The highest BCUT2D eigenvalue weighted by molar-refractivity contribution is 5.32. The SMILES string of the molecule is C[C@@]12CC[C@@H](O)[C@@]3(CO)O[C@@]13C[C@H]([C@]1(C)CO1)C[C@H]2O. The summed E-state index contributed by atoms with van der Waals surface area (Å²) in [5.74, 6) is 0.226. The zero-order valence-electron chi connectivity index (χ0n) is 12.1. The van der Waals surface area contributed by atoms with E-state index >= 15 is 0 Å². The van der Waals surface area contributed by atoms with E-state index in [1.165, 1.54) is 0 Å². The van der Waals surface area contributed by atoms with Crippen LogP contribution in [0.4, 0.5) is 0 Å². The van der Waals surface area contributed by atoms with Crippen molar-refractivity contribution in [2.45, 2.75) is 68.5 Å². The molecule has 5 nitrogen and oxygen atoms in total. The molecule has 0 aromatic rings. The van der Waals surface area contributed by atoms with Crippen LogP contribution in [0, 0.1) is 11.3 Å². The van der Waals surface area contributed by atoms with Crippen LogP contribution in [0.25, 0.3) is 0 Å². The molecule has 2 saturated heterocycles. The van der Waals surface area contributed by atoms with E-state index in [4.69, 9.17) is 9.47 Å². The quantitative estimate of drug-likeness (QED) is 0.631. The van der Waals surface area contributed by atoms with Crippen molar-refractivity contribution in [3.63, 3.8) is 0 Å². The molecule has 0 bridgehead atoms. The van der Waals surface area contributed by atoms with Crippen LogP contribution >= 0.6 is 0 Å². The van der Waals surface area contributed by atoms with Gasteiger partial charge in [0.25, 0.3) is 0 Å². The summed E-state index contributed by atoms with van der Waals surface area (Å²) in [5, 5.41) is 30.8. The molecule has 0 aromatic heterocycles. The van der Waals surface area contributed by atoms with Gasteiger partial charge < -0.3 is 24.8 Å². The topological polar surface area (TPSA) is 85.8 Å². The van der Waals surface area contributed by atoms with Crippen molar-refractivity contribution < 1.29 is 24.8 Å². The minimum Gasteiger partial charge on any atom is -0.393 e. The lowest BCUT2D eigenvalue weighted by molar-refractivity contribution is -0.111. The summed E-state index contributed by atoms with van der Waals surface area (Å²) in [6.07, 6.45) is 1.68. The van der Waals surface area contributed by atoms with E-state index in [-0.39, 0.29) is 23.5 Å². The molecule has 2 aliphatic heterocycles. The van der Waals surface area contributed by atoms with Gasteiger partial charge in [-0.1, -0.05) is 6.92 Å². The number of rotatable bonds is 2. The third-order valence-corrected chi connectivity index (χ3v) is 6.87. The molecule has 1 spiro atoms. The van der Waals surface area contributed by atoms with E-state index in [2.05, 4.69) is 6.92 Å². The molecule has 4 aliphatic rings. The van der Waals surface area contributed by atoms with Crippen LogP contribution < -0.4 is 0 Å². The monoisotopic (exact) mass is 284 g/mol. The second kappa shape index (κ2) is 3.58. The molecule has 4 fully saturated rings. The third kappa shape index (κ3) is 1.27. The Morgan fingerprint density at radius 1 is 1.20 bits per heavy atom. The summed E-state index contributed by atoms with van der Waals surface area (Å²) < 4.78 is 11.6. The standard InChI is InChI=1S/C15H24O5/c1-12-4-3-10(17)14(7-16)15(12,20-14)6-9(5-11(12)18)13(2)8-19-13/h9-11,16-18H,3-8H2,1-2H3/t9-,10-,11-,12+,13+,14-,15+/m1/s1. The van der Waals surface area contributed by atoms with Gasteiger partial charge in [0.2, 0.25) is 0 Å². The fourth-order valence-electron chi connectivity index (χ4n) is 5.02. The summed E-state index contributed by atoms with van der Waals surface area (Å²) in [6.45, 7) is 4.67. The van der Waals surface area contributed by atoms with Gasteiger partial charge in [-0.15, -0.1) is 0 Å². The van der Waals surface area contributed by atoms with E-state index in [1.54, 1.807) is 0 Å². The molecule has 0 radical (unpaired) electrons. The predicted octanol–water partition coefficient (Wildman–Crippen LogP) is 0.207. The van der Waals surface area contributed by atoms with Crippen molar-refractivity contribution >= 4 is 0 Å². The average Bonchev–Trinajstić information content (AvgIpc) is 3.29. The summed E-state index contributed by atoms with van der Waals surface area (Å²) in [7, 11) is 0. The maximum atomic E-state index is 10.7. The van der Waals surface area contributed by atoms with E-state index in [9.17, 15) is 15.3 Å². The fourth-order valence-corrected chi connectivity index (χ4v) is 5.02. The Balaban J connectivity index is 1.73. The number of hydrogen-bond acceptors (Lipinski definition) is 5. The molecule has 4 rings (SSSR count). The largest absolute Gasteiger partial charge is 0.393 e. The lowest BCUT2D eigenvalue weighted by Gasteiger charge is -2.52. The van der Waals surface area contributed by atoms with Gasteiger partial charge in [-0.3, -0.25) is 0 Å². The average molecular weight is 284 g/mol. The third-order valence-electron chi connectivity index (χ3n) is 6.87. The summed E-state index contributed by atoms with van der Waals surface area (Å²) in [5.41, 5.74) is -2.00. The van der Waals surface area contributed by atoms with Crippen LogP contribution in [0.3, 0.4) is 0 Å². The molecular formula is C15H24O5. The lowest BCUT2D eigenvalue weighted by atomic mass is 9.52. The highest BCUT2D eigenvalue weighted by Gasteiger charge is 2.84. The molecule has 0 aromatic carbocycles. The maximum Gasteiger partial charge on any atom is 0.147 e.